The lowest BCUT2D eigenvalue weighted by Crippen LogP contribution is -2.30. The first-order chi connectivity index (χ1) is 10.9. The minimum Gasteiger partial charge on any atom is -0.333 e. The third kappa shape index (κ3) is 4.69. The number of carbonyl (C=O) groups is 1. The molecule has 0 aliphatic heterocycles. The maximum Gasteiger partial charge on any atom is 0.319 e. The van der Waals surface area contributed by atoms with Crippen LogP contribution in [0.5, 0.6) is 0 Å². The van der Waals surface area contributed by atoms with Gasteiger partial charge in [-0.15, -0.1) is 0 Å². The zero-order valence-corrected chi connectivity index (χ0v) is 14.6. The molecule has 2 N–H and O–H groups in total. The fourth-order valence-corrected chi connectivity index (χ4v) is 2.65. The van der Waals surface area contributed by atoms with Gasteiger partial charge in [0, 0.05) is 24.6 Å². The third-order valence-electron chi connectivity index (χ3n) is 3.31. The fraction of sp³-hybridized carbons (Fsp3) is 0.438. The van der Waals surface area contributed by atoms with Crippen LogP contribution in [-0.4, -0.2) is 20.6 Å². The average molecular weight is 336 g/mol. The van der Waals surface area contributed by atoms with Gasteiger partial charge < -0.3 is 15.2 Å². The van der Waals surface area contributed by atoms with Gasteiger partial charge in [-0.3, -0.25) is 0 Å². The summed E-state index contributed by atoms with van der Waals surface area (Å²) in [7, 11) is 0. The van der Waals surface area contributed by atoms with E-state index < -0.39 is 0 Å². The van der Waals surface area contributed by atoms with E-state index in [-0.39, 0.29) is 6.03 Å². The van der Waals surface area contributed by atoms with E-state index in [0.717, 1.165) is 23.6 Å². The van der Waals surface area contributed by atoms with Gasteiger partial charge in [0.05, 0.1) is 12.2 Å². The number of nitrogens with one attached hydrogen (secondary N) is 2. The van der Waals surface area contributed by atoms with Crippen LogP contribution < -0.4 is 10.6 Å². The highest BCUT2D eigenvalue weighted by atomic mass is 35.5. The van der Waals surface area contributed by atoms with Gasteiger partial charge in [-0.05, 0) is 31.4 Å². The van der Waals surface area contributed by atoms with Crippen molar-refractivity contribution in [2.45, 2.75) is 40.8 Å². The van der Waals surface area contributed by atoms with Gasteiger partial charge in [0.2, 0.25) is 0 Å². The van der Waals surface area contributed by atoms with E-state index in [2.05, 4.69) is 34.4 Å². The number of aromatic nitrogens is 3. The van der Waals surface area contributed by atoms with E-state index in [1.54, 1.807) is 6.20 Å². The van der Waals surface area contributed by atoms with Crippen molar-refractivity contribution in [1.82, 2.24) is 19.9 Å². The molecule has 0 bridgehead atoms. The number of pyridine rings is 1. The minimum absolute atomic E-state index is 0.291. The number of amides is 2. The van der Waals surface area contributed by atoms with Gasteiger partial charge in [-0.25, -0.2) is 14.8 Å². The Bertz CT molecular complexity index is 673. The molecule has 0 saturated heterocycles. The van der Waals surface area contributed by atoms with Crippen molar-refractivity contribution in [3.8, 4) is 0 Å². The molecule has 0 unspecified atom stereocenters. The molecule has 7 heteroatoms. The van der Waals surface area contributed by atoms with Crippen molar-refractivity contribution in [1.29, 1.82) is 0 Å². The van der Waals surface area contributed by atoms with Crippen LogP contribution in [0.3, 0.4) is 0 Å². The largest absolute Gasteiger partial charge is 0.333 e. The SMILES string of the molecule is Cc1cc(C)c(NC(=O)NCc2nccn2CC(C)C)c(Cl)n1. The molecule has 0 aliphatic carbocycles. The molecule has 0 atom stereocenters. The van der Waals surface area contributed by atoms with Crippen molar-refractivity contribution in [2.75, 3.05) is 5.32 Å². The van der Waals surface area contributed by atoms with Crippen LogP contribution in [0.1, 0.15) is 30.9 Å². The van der Waals surface area contributed by atoms with E-state index >= 15 is 0 Å². The van der Waals surface area contributed by atoms with Crippen LogP contribution in [0.15, 0.2) is 18.5 Å². The molecule has 2 rings (SSSR count). The summed E-state index contributed by atoms with van der Waals surface area (Å²) in [5.74, 6) is 1.33. The lowest BCUT2D eigenvalue weighted by atomic mass is 10.2. The highest BCUT2D eigenvalue weighted by molar-refractivity contribution is 6.32. The zero-order chi connectivity index (χ0) is 17.0. The first-order valence-electron chi connectivity index (χ1n) is 7.55. The number of halogens is 1. The summed E-state index contributed by atoms with van der Waals surface area (Å²) in [5, 5.41) is 5.83. The summed E-state index contributed by atoms with van der Waals surface area (Å²) in [5.41, 5.74) is 2.22. The Morgan fingerprint density at radius 2 is 2.13 bits per heavy atom. The summed E-state index contributed by atoms with van der Waals surface area (Å²) in [6.07, 6.45) is 3.65. The van der Waals surface area contributed by atoms with Crippen molar-refractivity contribution in [2.24, 2.45) is 5.92 Å². The highest BCUT2D eigenvalue weighted by Gasteiger charge is 2.11. The summed E-state index contributed by atoms with van der Waals surface area (Å²) >= 11 is 6.09. The Labute approximate surface area is 141 Å². The van der Waals surface area contributed by atoms with Crippen LogP contribution in [0.2, 0.25) is 5.15 Å². The predicted molar refractivity (Wildman–Crippen MR) is 91.6 cm³/mol. The molecule has 0 saturated carbocycles. The second kappa shape index (κ2) is 7.46. The molecule has 0 fully saturated rings. The van der Waals surface area contributed by atoms with Crippen LogP contribution >= 0.6 is 11.6 Å². The van der Waals surface area contributed by atoms with E-state index in [1.807, 2.05) is 30.7 Å². The number of carbonyl (C=O) groups excluding carboxylic acids is 1. The predicted octanol–water partition coefficient (Wildman–Crippen LogP) is 3.53. The van der Waals surface area contributed by atoms with E-state index in [1.165, 1.54) is 0 Å². The number of nitrogens with zero attached hydrogens (tertiary/aromatic N) is 3. The molecule has 23 heavy (non-hydrogen) atoms. The van der Waals surface area contributed by atoms with Crippen molar-refractivity contribution in [3.63, 3.8) is 0 Å². The standard InChI is InChI=1S/C16H22ClN5O/c1-10(2)9-22-6-5-18-13(22)8-19-16(23)21-14-11(3)7-12(4)20-15(14)17/h5-7,10H,8-9H2,1-4H3,(H2,19,21,23). The minimum atomic E-state index is -0.334. The van der Waals surface area contributed by atoms with E-state index in [4.69, 9.17) is 11.6 Å². The maximum atomic E-state index is 12.1. The number of urea groups is 1. The van der Waals surface area contributed by atoms with Gasteiger partial charge in [-0.2, -0.15) is 0 Å². The van der Waals surface area contributed by atoms with Crippen molar-refractivity contribution in [3.05, 3.63) is 40.7 Å². The summed E-state index contributed by atoms with van der Waals surface area (Å²) < 4.78 is 2.04. The average Bonchev–Trinajstić information content (AvgIpc) is 2.87. The molecular formula is C16H22ClN5O. The van der Waals surface area contributed by atoms with Gasteiger partial charge in [-0.1, -0.05) is 25.4 Å². The second-order valence-electron chi connectivity index (χ2n) is 5.94. The Balaban J connectivity index is 1.97. The molecule has 0 radical (unpaired) electrons. The molecule has 0 aliphatic rings. The summed E-state index contributed by atoms with van der Waals surface area (Å²) in [4.78, 5) is 20.5. The number of hydrogen-bond donors (Lipinski definition) is 2. The molecule has 2 aromatic rings. The Morgan fingerprint density at radius 3 is 2.78 bits per heavy atom. The number of aryl methyl sites for hydroxylation is 2. The molecular weight excluding hydrogens is 314 g/mol. The van der Waals surface area contributed by atoms with Crippen LogP contribution in [0.4, 0.5) is 10.5 Å². The van der Waals surface area contributed by atoms with Crippen LogP contribution in [0, 0.1) is 19.8 Å². The van der Waals surface area contributed by atoms with E-state index in [0.29, 0.717) is 23.3 Å². The number of imidazole rings is 1. The van der Waals surface area contributed by atoms with Gasteiger partial charge in [0.25, 0.3) is 0 Å². The second-order valence-corrected chi connectivity index (χ2v) is 6.30. The van der Waals surface area contributed by atoms with Gasteiger partial charge in [0.1, 0.15) is 5.82 Å². The molecule has 0 spiro atoms. The Morgan fingerprint density at radius 1 is 1.39 bits per heavy atom. The van der Waals surface area contributed by atoms with Gasteiger partial charge >= 0.3 is 6.03 Å². The van der Waals surface area contributed by atoms with Crippen LogP contribution in [-0.2, 0) is 13.1 Å². The maximum absolute atomic E-state index is 12.1. The monoisotopic (exact) mass is 335 g/mol. The van der Waals surface area contributed by atoms with E-state index in [9.17, 15) is 4.79 Å². The van der Waals surface area contributed by atoms with Crippen molar-refractivity contribution >= 4 is 23.3 Å². The summed E-state index contributed by atoms with van der Waals surface area (Å²) in [6.45, 7) is 9.23. The Hall–Kier alpha value is -2.08. The normalized spacial score (nSPS) is 10.9. The third-order valence-corrected chi connectivity index (χ3v) is 3.58. The van der Waals surface area contributed by atoms with Crippen molar-refractivity contribution < 1.29 is 4.79 Å². The lowest BCUT2D eigenvalue weighted by molar-refractivity contribution is 0.251. The lowest BCUT2D eigenvalue weighted by Gasteiger charge is -2.13. The molecule has 0 aromatic carbocycles. The first-order valence-corrected chi connectivity index (χ1v) is 7.93. The molecule has 6 nitrogen and oxygen atoms in total. The van der Waals surface area contributed by atoms with Gasteiger partial charge in [0.15, 0.2) is 5.15 Å². The molecule has 124 valence electrons. The van der Waals surface area contributed by atoms with Crippen LogP contribution in [0.25, 0.3) is 0 Å². The first kappa shape index (κ1) is 17.3. The molecule has 2 aromatic heterocycles. The summed E-state index contributed by atoms with van der Waals surface area (Å²) in [6, 6.07) is 1.54. The fourth-order valence-electron chi connectivity index (χ4n) is 2.33. The molecule has 2 heterocycles. The number of anilines is 1. The number of hydrogen-bond acceptors (Lipinski definition) is 3. The molecule has 2 amide bonds. The number of rotatable bonds is 5. The topological polar surface area (TPSA) is 71.8 Å². The quantitative estimate of drug-likeness (QED) is 0.821. The smallest absolute Gasteiger partial charge is 0.319 e. The highest BCUT2D eigenvalue weighted by Crippen LogP contribution is 2.24. The Kier molecular flexibility index (Phi) is 5.60. The zero-order valence-electron chi connectivity index (χ0n) is 13.9.